The molecule has 1 N–H and O–H groups in total. The van der Waals surface area contributed by atoms with Crippen LogP contribution in [-0.4, -0.2) is 10.1 Å². The third-order valence-corrected chi connectivity index (χ3v) is 3.96. The quantitative estimate of drug-likeness (QED) is 0.854. The standard InChI is InChI=1S/C12H21NOS/c1-6-7-9-10(12(4,5)14)15-11(13-9)8(2)3/h8,14H,6-7H2,1-5H3. The van der Waals surface area contributed by atoms with Gasteiger partial charge in [-0.3, -0.25) is 0 Å². The van der Waals surface area contributed by atoms with Crippen molar-refractivity contribution in [2.45, 2.75) is 59.0 Å². The van der Waals surface area contributed by atoms with E-state index in [4.69, 9.17) is 0 Å². The molecule has 2 nitrogen and oxygen atoms in total. The van der Waals surface area contributed by atoms with E-state index in [1.54, 1.807) is 11.3 Å². The van der Waals surface area contributed by atoms with Gasteiger partial charge in [0.2, 0.25) is 0 Å². The molecule has 1 aromatic rings. The lowest BCUT2D eigenvalue weighted by atomic mass is 10.0. The fourth-order valence-corrected chi connectivity index (χ4v) is 2.62. The van der Waals surface area contributed by atoms with E-state index >= 15 is 0 Å². The topological polar surface area (TPSA) is 33.1 Å². The molecule has 0 unspecified atom stereocenters. The predicted octanol–water partition coefficient (Wildman–Crippen LogP) is 3.45. The maximum Gasteiger partial charge on any atom is 0.0957 e. The second kappa shape index (κ2) is 4.62. The molecule has 0 radical (unpaired) electrons. The van der Waals surface area contributed by atoms with Crippen molar-refractivity contribution in [1.82, 2.24) is 4.98 Å². The van der Waals surface area contributed by atoms with Gasteiger partial charge in [-0.2, -0.15) is 0 Å². The van der Waals surface area contributed by atoms with Crippen LogP contribution in [0.3, 0.4) is 0 Å². The highest BCUT2D eigenvalue weighted by Crippen LogP contribution is 2.33. The lowest BCUT2D eigenvalue weighted by molar-refractivity contribution is 0.0813. The van der Waals surface area contributed by atoms with Crippen LogP contribution >= 0.6 is 11.3 Å². The lowest BCUT2D eigenvalue weighted by Gasteiger charge is -2.16. The summed E-state index contributed by atoms with van der Waals surface area (Å²) in [5, 5.41) is 11.2. The van der Waals surface area contributed by atoms with E-state index in [1.807, 2.05) is 13.8 Å². The Morgan fingerprint density at radius 3 is 2.40 bits per heavy atom. The zero-order valence-corrected chi connectivity index (χ0v) is 11.1. The Bertz CT molecular complexity index is 323. The van der Waals surface area contributed by atoms with Crippen molar-refractivity contribution >= 4 is 11.3 Å². The van der Waals surface area contributed by atoms with Crippen LogP contribution < -0.4 is 0 Å². The highest BCUT2D eigenvalue weighted by Gasteiger charge is 2.24. The second-order valence-corrected chi connectivity index (χ2v) is 5.82. The van der Waals surface area contributed by atoms with E-state index in [0.717, 1.165) is 28.4 Å². The number of hydrogen-bond acceptors (Lipinski definition) is 3. The molecule has 0 fully saturated rings. The number of rotatable bonds is 4. The lowest BCUT2D eigenvalue weighted by Crippen LogP contribution is -2.15. The molecule has 0 atom stereocenters. The Morgan fingerprint density at radius 2 is 2.00 bits per heavy atom. The molecule has 0 saturated heterocycles. The molecule has 0 aliphatic rings. The first-order chi connectivity index (χ1) is 6.86. The summed E-state index contributed by atoms with van der Waals surface area (Å²) < 4.78 is 0. The fourth-order valence-electron chi connectivity index (χ4n) is 1.50. The van der Waals surface area contributed by atoms with E-state index < -0.39 is 5.60 Å². The Hall–Kier alpha value is -0.410. The summed E-state index contributed by atoms with van der Waals surface area (Å²) >= 11 is 1.65. The summed E-state index contributed by atoms with van der Waals surface area (Å²) in [6, 6.07) is 0. The first kappa shape index (κ1) is 12.7. The molecule has 0 bridgehead atoms. The Labute approximate surface area is 96.4 Å². The molecule has 86 valence electrons. The molecule has 0 aliphatic carbocycles. The zero-order chi connectivity index (χ0) is 11.6. The van der Waals surface area contributed by atoms with Crippen LogP contribution in [0.25, 0.3) is 0 Å². The Morgan fingerprint density at radius 1 is 1.40 bits per heavy atom. The molecule has 0 aromatic carbocycles. The number of aliphatic hydroxyl groups is 1. The van der Waals surface area contributed by atoms with Crippen LogP contribution in [0.1, 0.15) is 62.5 Å². The van der Waals surface area contributed by atoms with Crippen molar-refractivity contribution in [1.29, 1.82) is 0 Å². The van der Waals surface area contributed by atoms with Gasteiger partial charge in [-0.15, -0.1) is 11.3 Å². The molecule has 3 heteroatoms. The van der Waals surface area contributed by atoms with Crippen LogP contribution in [0.2, 0.25) is 0 Å². The SMILES string of the molecule is CCCc1nc(C(C)C)sc1C(C)(C)O. The van der Waals surface area contributed by atoms with Gasteiger partial charge in [-0.25, -0.2) is 4.98 Å². The van der Waals surface area contributed by atoms with Crippen molar-refractivity contribution in [3.05, 3.63) is 15.6 Å². The number of hydrogen-bond donors (Lipinski definition) is 1. The van der Waals surface area contributed by atoms with E-state index in [-0.39, 0.29) is 0 Å². The molecule has 1 aromatic heterocycles. The molecule has 15 heavy (non-hydrogen) atoms. The molecule has 1 heterocycles. The largest absolute Gasteiger partial charge is 0.385 e. The number of aromatic nitrogens is 1. The zero-order valence-electron chi connectivity index (χ0n) is 10.3. The summed E-state index contributed by atoms with van der Waals surface area (Å²) in [6.45, 7) is 10.1. The van der Waals surface area contributed by atoms with Crippen LogP contribution in [0, 0.1) is 0 Å². The molecule has 0 aliphatic heterocycles. The first-order valence-corrected chi connectivity index (χ1v) is 6.40. The third-order valence-electron chi connectivity index (χ3n) is 2.25. The predicted molar refractivity (Wildman–Crippen MR) is 65.4 cm³/mol. The minimum atomic E-state index is -0.755. The first-order valence-electron chi connectivity index (χ1n) is 5.58. The molecular weight excluding hydrogens is 206 g/mol. The second-order valence-electron chi connectivity index (χ2n) is 4.79. The number of aryl methyl sites for hydroxylation is 1. The fraction of sp³-hybridized carbons (Fsp3) is 0.750. The summed E-state index contributed by atoms with van der Waals surface area (Å²) in [5.41, 5.74) is 0.327. The number of thiazole rings is 1. The summed E-state index contributed by atoms with van der Waals surface area (Å²) in [6.07, 6.45) is 2.03. The normalized spacial score (nSPS) is 12.5. The van der Waals surface area contributed by atoms with Crippen molar-refractivity contribution in [2.75, 3.05) is 0 Å². The molecule has 0 saturated carbocycles. The molecule has 1 rings (SSSR count). The van der Waals surface area contributed by atoms with Gasteiger partial charge < -0.3 is 5.11 Å². The van der Waals surface area contributed by atoms with Gasteiger partial charge in [-0.05, 0) is 20.3 Å². The Kier molecular flexibility index (Phi) is 3.90. The van der Waals surface area contributed by atoms with Gasteiger partial charge in [0.05, 0.1) is 21.2 Å². The van der Waals surface area contributed by atoms with E-state index in [1.165, 1.54) is 0 Å². The minimum absolute atomic E-state index is 0.446. The molecule has 0 spiro atoms. The average molecular weight is 227 g/mol. The molecular formula is C12H21NOS. The highest BCUT2D eigenvalue weighted by molar-refractivity contribution is 7.12. The van der Waals surface area contributed by atoms with Gasteiger partial charge in [0.1, 0.15) is 0 Å². The third kappa shape index (κ3) is 3.02. The van der Waals surface area contributed by atoms with Crippen LogP contribution in [0.15, 0.2) is 0 Å². The van der Waals surface area contributed by atoms with Gasteiger partial charge in [-0.1, -0.05) is 27.2 Å². The summed E-state index contributed by atoms with van der Waals surface area (Å²) in [4.78, 5) is 5.66. The maximum atomic E-state index is 10.1. The van der Waals surface area contributed by atoms with Crippen LogP contribution in [0.5, 0.6) is 0 Å². The van der Waals surface area contributed by atoms with Crippen molar-refractivity contribution in [3.8, 4) is 0 Å². The Balaban J connectivity index is 3.12. The highest BCUT2D eigenvalue weighted by atomic mass is 32.1. The summed E-state index contributed by atoms with van der Waals surface area (Å²) in [5.74, 6) is 0.446. The monoisotopic (exact) mass is 227 g/mol. The van der Waals surface area contributed by atoms with Gasteiger partial charge in [0.25, 0.3) is 0 Å². The van der Waals surface area contributed by atoms with Gasteiger partial charge >= 0.3 is 0 Å². The van der Waals surface area contributed by atoms with Gasteiger partial charge in [0.15, 0.2) is 0 Å². The maximum absolute atomic E-state index is 10.1. The van der Waals surface area contributed by atoms with Crippen LogP contribution in [0.4, 0.5) is 0 Å². The molecule has 0 amide bonds. The van der Waals surface area contributed by atoms with E-state index in [0.29, 0.717) is 5.92 Å². The van der Waals surface area contributed by atoms with Gasteiger partial charge in [0, 0.05) is 5.92 Å². The van der Waals surface area contributed by atoms with Crippen LogP contribution in [-0.2, 0) is 12.0 Å². The van der Waals surface area contributed by atoms with E-state index in [2.05, 4.69) is 25.8 Å². The number of nitrogens with zero attached hydrogens (tertiary/aromatic N) is 1. The van der Waals surface area contributed by atoms with E-state index in [9.17, 15) is 5.11 Å². The minimum Gasteiger partial charge on any atom is -0.385 e. The smallest absolute Gasteiger partial charge is 0.0957 e. The van der Waals surface area contributed by atoms with Crippen molar-refractivity contribution in [2.24, 2.45) is 0 Å². The average Bonchev–Trinajstić information content (AvgIpc) is 2.48. The summed E-state index contributed by atoms with van der Waals surface area (Å²) in [7, 11) is 0. The van der Waals surface area contributed by atoms with Crippen molar-refractivity contribution < 1.29 is 5.11 Å². The van der Waals surface area contributed by atoms with Crippen molar-refractivity contribution in [3.63, 3.8) is 0 Å².